The fourth-order valence-electron chi connectivity index (χ4n) is 16.1. The maximum Gasteiger partial charge on any atom is 0.207 e. The van der Waals surface area contributed by atoms with E-state index in [0.717, 1.165) is 61.7 Å². The average molecular weight is 1790 g/mol. The van der Waals surface area contributed by atoms with Gasteiger partial charge in [-0.25, -0.2) is 0 Å². The van der Waals surface area contributed by atoms with E-state index in [-0.39, 0.29) is 167 Å². The standard InChI is InChI=1S/C18H17ClO4.C16H14ClNO3.C15H12ClNO4.C15H11FO4.C14H9ClO4.C14H9ClO3.2CH4/c1-9-3-10-5-11-6-12(7-20)17(19)13(8-21)15(11)18(22)16(10)14(4-9)23-2;1-7-3-8-5-9-6-11(20)14(17)16(21)13(9)15(18-2)12(8)10(19)4-7;1-6-3-7-11(9(18)4-6)14(20)12-8(17(7)2)5-10(19)13(16)15(12)21;1-6-2-7-4-8-5-10(18)13(16)15(20)12(8)14(19)11(7)9(17)3-6;1-5-2-6-7-4-9(17)12(15)14(19)11(7)13(18)10(6)8(16)3-5;15-12-10(16)6-8-5-7-3-1-2-4-9(7)13(17)11(8)14(12)18;;/h3-4,6,20-21H,5,7-8H2,1-2H3;3-4,6,19-21H,5H2,1-2H3;3-5,18-19,21H,1-2H3;2-3,5,17-18,20H,4H2,1H3;2-4,16-17,19H,1H3;1-4,6,16,18H,5H2;2*1H4. The molecule has 5 aliphatic carbocycles. The van der Waals surface area contributed by atoms with Crippen LogP contribution in [0.15, 0.2) is 131 Å². The van der Waals surface area contributed by atoms with E-state index >= 15 is 0 Å². The molecule has 0 spiro atoms. The number of hydrogen-bond acceptors (Lipinski definition) is 23. The number of aryl methyl sites for hydroxylation is 6. The van der Waals surface area contributed by atoms with Crippen molar-refractivity contribution in [1.82, 2.24) is 4.57 Å². The lowest BCUT2D eigenvalue weighted by molar-refractivity contribution is 0.102. The molecule has 640 valence electrons. The number of aliphatic hydroxyl groups excluding tert-OH is 2. The van der Waals surface area contributed by atoms with Crippen LogP contribution < -0.4 is 10.2 Å². The highest BCUT2D eigenvalue weighted by molar-refractivity contribution is 6.37. The highest BCUT2D eigenvalue weighted by Crippen LogP contribution is 2.52. The minimum Gasteiger partial charge on any atom is -0.507 e. The van der Waals surface area contributed by atoms with Gasteiger partial charge in [0.05, 0.1) is 86.2 Å². The van der Waals surface area contributed by atoms with E-state index in [0.29, 0.717) is 109 Å². The lowest BCUT2D eigenvalue weighted by Crippen LogP contribution is -2.20. The zero-order valence-electron chi connectivity index (χ0n) is 65.6. The number of pyridine rings is 1. The number of ketones is 4. The maximum atomic E-state index is 13.5. The topological polar surface area (TPSA) is 436 Å². The number of methoxy groups -OCH3 is 1. The number of nitrogens with zero attached hydrogens (tertiary/aromatic N) is 2. The predicted octanol–water partition coefficient (Wildman–Crippen LogP) is 18.2. The first-order valence-corrected chi connectivity index (χ1v) is 38.8. The fourth-order valence-corrected chi connectivity index (χ4v) is 17.0. The molecule has 0 amide bonds. The normalized spacial score (nSPS) is 12.7. The Morgan fingerprint density at radius 2 is 0.782 bits per heavy atom. The molecule has 24 nitrogen and oxygen atoms in total. The van der Waals surface area contributed by atoms with Crippen molar-refractivity contribution >= 4 is 109 Å². The van der Waals surface area contributed by atoms with Crippen molar-refractivity contribution < 1.29 is 110 Å². The molecule has 13 aromatic rings. The number of ether oxygens (including phenoxy) is 1. The van der Waals surface area contributed by atoms with Crippen LogP contribution in [0.5, 0.6) is 86.2 Å². The second-order valence-electron chi connectivity index (χ2n) is 29.6. The third-order valence-corrected chi connectivity index (χ3v) is 23.4. The van der Waals surface area contributed by atoms with Gasteiger partial charge < -0.3 is 91.0 Å². The number of benzene rings is 12. The number of phenols is 14. The summed E-state index contributed by atoms with van der Waals surface area (Å²) >= 11 is 29.4. The van der Waals surface area contributed by atoms with Crippen LogP contribution >= 0.6 is 58.0 Å². The monoisotopic (exact) mass is 1780 g/mol. The van der Waals surface area contributed by atoms with Crippen LogP contribution in [0.2, 0.25) is 25.1 Å². The fraction of sp³-hybridized carbons (Fsp3) is 0.170. The Morgan fingerprint density at radius 3 is 1.35 bits per heavy atom. The van der Waals surface area contributed by atoms with E-state index in [1.165, 1.54) is 49.6 Å². The summed E-state index contributed by atoms with van der Waals surface area (Å²) in [4.78, 5) is 66.7. The number of carbonyl (C=O) groups is 4. The number of aliphatic hydroxyl groups is 2. The largest absolute Gasteiger partial charge is 0.507 e. The number of rotatable bonds is 3. The zero-order valence-corrected chi connectivity index (χ0v) is 69.3. The summed E-state index contributed by atoms with van der Waals surface area (Å²) in [6.45, 7) is 8.60. The molecular weight excluding hydrogens is 1710 g/mol. The van der Waals surface area contributed by atoms with E-state index in [1.807, 2.05) is 44.2 Å². The van der Waals surface area contributed by atoms with Gasteiger partial charge in [-0.05, 0) is 204 Å². The minimum atomic E-state index is -1.23. The lowest BCUT2D eigenvalue weighted by atomic mass is 9.80. The molecule has 0 saturated carbocycles. The van der Waals surface area contributed by atoms with Crippen LogP contribution in [0.3, 0.4) is 0 Å². The Labute approximate surface area is 732 Å². The van der Waals surface area contributed by atoms with Crippen LogP contribution in [0.1, 0.15) is 173 Å². The Balaban J connectivity index is 0.000000145. The molecule has 0 aliphatic heterocycles. The molecule has 0 bridgehead atoms. The van der Waals surface area contributed by atoms with Crippen molar-refractivity contribution in [3.05, 3.63) is 302 Å². The van der Waals surface area contributed by atoms with Crippen LogP contribution in [-0.2, 0) is 45.9 Å². The Morgan fingerprint density at radius 1 is 0.371 bits per heavy atom. The molecule has 0 unspecified atom stereocenters. The van der Waals surface area contributed by atoms with Gasteiger partial charge in [-0.2, -0.15) is 4.39 Å². The number of aromatic hydroxyl groups is 14. The molecule has 0 radical (unpaired) electrons. The van der Waals surface area contributed by atoms with Crippen molar-refractivity contribution in [2.24, 2.45) is 12.0 Å². The number of hydrogen-bond donors (Lipinski definition) is 16. The third-order valence-electron chi connectivity index (χ3n) is 21.4. The number of carbonyl (C=O) groups excluding carboxylic acids is 4. The van der Waals surface area contributed by atoms with Crippen LogP contribution in [-0.4, -0.2) is 129 Å². The third kappa shape index (κ3) is 15.9. The van der Waals surface area contributed by atoms with Crippen LogP contribution in [0.25, 0.3) is 32.9 Å². The number of phenolic OH excluding ortho intramolecular Hbond substituents is 14. The SMILES string of the molecule is C.C.CN=C1c2c(O)cc(C)cc2Cc2cc(O)c(Cl)c(O)c21.COc1cc(C)cc2c1C(=O)c1c(cc(CO)c(Cl)c1CO)C2.Cc1cc(O)c2c(=O)c3c(O)c(Cl)c(O)cc3n(C)c2c1.Cc1cc(O)c2c(c1)-c1cc(O)c(Cl)c(O)c1C2=O.Cc1cc(O)c2c(c1)Cc1cc(O)c(F)c(O)c1C2=O.O=C1c2ccccc2Cc2cc(O)c(Cl)c(O)c21. The highest BCUT2D eigenvalue weighted by atomic mass is 35.5. The Hall–Kier alpha value is -13.2. The summed E-state index contributed by atoms with van der Waals surface area (Å²) in [5.41, 5.74) is 15.3. The van der Waals surface area contributed by atoms with E-state index in [1.54, 1.807) is 81.9 Å². The number of aromatic nitrogens is 1. The van der Waals surface area contributed by atoms with E-state index in [4.69, 9.17) is 62.7 Å². The molecule has 0 atom stereocenters. The molecule has 16 N–H and O–H groups in total. The van der Waals surface area contributed by atoms with Gasteiger partial charge in [0.2, 0.25) is 22.8 Å². The number of aliphatic imine (C=N–C) groups is 1. The second kappa shape index (κ2) is 35.3. The first kappa shape index (κ1) is 91.5. The Kier molecular flexibility index (Phi) is 26.1. The minimum absolute atomic E-state index is 0. The lowest BCUT2D eigenvalue weighted by Gasteiger charge is -2.24. The van der Waals surface area contributed by atoms with Gasteiger partial charge in [0.25, 0.3) is 0 Å². The predicted molar refractivity (Wildman–Crippen MR) is 470 cm³/mol. The average Bonchev–Trinajstić information content (AvgIpc) is 0.846. The summed E-state index contributed by atoms with van der Waals surface area (Å²) in [7, 11) is 4.80. The van der Waals surface area contributed by atoms with Gasteiger partial charge in [-0.15, -0.1) is 0 Å². The van der Waals surface area contributed by atoms with Crippen LogP contribution in [0, 0.1) is 40.4 Å². The molecule has 1 aromatic heterocycles. The summed E-state index contributed by atoms with van der Waals surface area (Å²) in [5.74, 6) is -6.74. The molecular formula is C94H80Cl5FN2O22. The van der Waals surface area contributed by atoms with Crippen molar-refractivity contribution in [3.63, 3.8) is 0 Å². The van der Waals surface area contributed by atoms with Gasteiger partial charge in [0.1, 0.15) is 89.1 Å². The molecule has 30 heteroatoms. The summed E-state index contributed by atoms with van der Waals surface area (Å²) < 4.78 is 20.5. The molecule has 0 fully saturated rings. The van der Waals surface area contributed by atoms with Crippen molar-refractivity contribution in [2.45, 2.75) is 88.4 Å². The van der Waals surface area contributed by atoms with E-state index in [2.05, 4.69) is 4.99 Å². The number of halogens is 6. The highest BCUT2D eigenvalue weighted by Gasteiger charge is 2.38. The Bertz CT molecular complexity index is 6880. The first-order valence-electron chi connectivity index (χ1n) is 36.9. The number of fused-ring (bicyclic) bond motifs is 13. The van der Waals surface area contributed by atoms with Crippen molar-refractivity contribution in [2.75, 3.05) is 14.2 Å². The molecule has 124 heavy (non-hydrogen) atoms. The van der Waals surface area contributed by atoms with E-state index in [9.17, 15) is 110 Å². The summed E-state index contributed by atoms with van der Waals surface area (Å²) in [5, 5.41) is 157. The first-order chi connectivity index (χ1) is 57.7. The molecule has 1 heterocycles. The second-order valence-corrected chi connectivity index (χ2v) is 31.4. The van der Waals surface area contributed by atoms with Gasteiger partial charge in [-0.1, -0.05) is 127 Å². The molecule has 5 aliphatic rings. The summed E-state index contributed by atoms with van der Waals surface area (Å²) in [6.07, 6.45) is 1.74. The van der Waals surface area contributed by atoms with E-state index < -0.39 is 45.8 Å². The van der Waals surface area contributed by atoms with Gasteiger partial charge in [0, 0.05) is 53.5 Å². The van der Waals surface area contributed by atoms with Crippen LogP contribution in [0.4, 0.5) is 4.39 Å². The maximum absolute atomic E-state index is 13.5. The van der Waals surface area contributed by atoms with Crippen molar-refractivity contribution in [3.8, 4) is 97.4 Å². The zero-order chi connectivity index (χ0) is 88.9. The quantitative estimate of drug-likeness (QED) is 0.0731. The van der Waals surface area contributed by atoms with Gasteiger partial charge in [0.15, 0.2) is 28.8 Å². The molecule has 12 aromatic carbocycles. The smallest absolute Gasteiger partial charge is 0.207 e. The summed E-state index contributed by atoms with van der Waals surface area (Å²) in [6, 6.07) is 32.7. The van der Waals surface area contributed by atoms with Gasteiger partial charge >= 0.3 is 0 Å². The van der Waals surface area contributed by atoms with Gasteiger partial charge in [-0.3, -0.25) is 29.0 Å². The van der Waals surface area contributed by atoms with Crippen molar-refractivity contribution in [1.29, 1.82) is 0 Å². The molecule has 0 saturated heterocycles. The molecule has 18 rings (SSSR count).